The second-order valence-electron chi connectivity index (χ2n) is 7.31. The Hall–Kier alpha value is -2.62. The number of imidazole rings is 1. The van der Waals surface area contributed by atoms with E-state index in [1.807, 2.05) is 24.3 Å². The summed E-state index contributed by atoms with van der Waals surface area (Å²) in [5.41, 5.74) is 3.44. The van der Waals surface area contributed by atoms with E-state index in [9.17, 15) is 4.79 Å². The van der Waals surface area contributed by atoms with Gasteiger partial charge in [0.1, 0.15) is 5.82 Å². The van der Waals surface area contributed by atoms with Gasteiger partial charge in [-0.05, 0) is 30.5 Å². The predicted octanol–water partition coefficient (Wildman–Crippen LogP) is 4.91. The van der Waals surface area contributed by atoms with E-state index in [4.69, 9.17) is 4.98 Å². The molecular formula is C24H31N3O. The molecule has 1 heterocycles. The fourth-order valence-corrected chi connectivity index (χ4v) is 3.57. The number of aromatic nitrogens is 2. The molecule has 1 N–H and O–H groups in total. The first-order valence-corrected chi connectivity index (χ1v) is 10.5. The van der Waals surface area contributed by atoms with E-state index in [1.165, 1.54) is 36.8 Å². The SMILES string of the molecule is CCCCCCn1c(CCNC(=O)CCc2ccccc2)nc2ccccc21. The highest BCUT2D eigenvalue weighted by Gasteiger charge is 2.10. The summed E-state index contributed by atoms with van der Waals surface area (Å²) in [6, 6.07) is 18.5. The van der Waals surface area contributed by atoms with E-state index in [-0.39, 0.29) is 5.91 Å². The molecule has 0 aliphatic heterocycles. The number of para-hydroxylation sites is 2. The third-order valence-electron chi connectivity index (χ3n) is 5.12. The third-order valence-corrected chi connectivity index (χ3v) is 5.12. The smallest absolute Gasteiger partial charge is 0.220 e. The summed E-state index contributed by atoms with van der Waals surface area (Å²) in [6.45, 7) is 3.86. The highest BCUT2D eigenvalue weighted by Crippen LogP contribution is 2.17. The van der Waals surface area contributed by atoms with Crippen LogP contribution >= 0.6 is 0 Å². The molecular weight excluding hydrogens is 346 g/mol. The summed E-state index contributed by atoms with van der Waals surface area (Å²) in [6.07, 6.45) is 7.01. The molecule has 1 aromatic heterocycles. The fraction of sp³-hybridized carbons (Fsp3) is 0.417. The molecule has 2 aromatic carbocycles. The lowest BCUT2D eigenvalue weighted by Gasteiger charge is -2.10. The van der Waals surface area contributed by atoms with Crippen LogP contribution in [0.25, 0.3) is 11.0 Å². The van der Waals surface area contributed by atoms with Crippen LogP contribution in [0.1, 0.15) is 50.4 Å². The maximum atomic E-state index is 12.2. The summed E-state index contributed by atoms with van der Waals surface area (Å²) >= 11 is 0. The van der Waals surface area contributed by atoms with Crippen LogP contribution in [0.5, 0.6) is 0 Å². The molecule has 0 spiro atoms. The van der Waals surface area contributed by atoms with E-state index in [1.54, 1.807) is 0 Å². The van der Waals surface area contributed by atoms with Crippen molar-refractivity contribution in [1.82, 2.24) is 14.9 Å². The Labute approximate surface area is 168 Å². The average Bonchev–Trinajstić information content (AvgIpc) is 3.08. The van der Waals surface area contributed by atoms with Crippen molar-refractivity contribution in [3.05, 3.63) is 66.0 Å². The van der Waals surface area contributed by atoms with Crippen LogP contribution in [0.3, 0.4) is 0 Å². The zero-order chi connectivity index (χ0) is 19.6. The van der Waals surface area contributed by atoms with Gasteiger partial charge in [0, 0.05) is 25.9 Å². The molecule has 0 atom stereocenters. The minimum atomic E-state index is 0.106. The Morgan fingerprint density at radius 1 is 0.964 bits per heavy atom. The molecule has 4 heteroatoms. The molecule has 1 amide bonds. The summed E-state index contributed by atoms with van der Waals surface area (Å²) in [5, 5.41) is 3.06. The molecule has 4 nitrogen and oxygen atoms in total. The molecule has 3 rings (SSSR count). The number of unbranched alkanes of at least 4 members (excludes halogenated alkanes) is 3. The molecule has 0 radical (unpaired) electrons. The van der Waals surface area contributed by atoms with Gasteiger partial charge >= 0.3 is 0 Å². The van der Waals surface area contributed by atoms with Crippen LogP contribution in [0.4, 0.5) is 0 Å². The summed E-state index contributed by atoms with van der Waals surface area (Å²) < 4.78 is 2.33. The van der Waals surface area contributed by atoms with Gasteiger partial charge in [0.25, 0.3) is 0 Å². The van der Waals surface area contributed by atoms with Gasteiger partial charge < -0.3 is 9.88 Å². The number of hydrogen-bond acceptors (Lipinski definition) is 2. The number of carbonyl (C=O) groups is 1. The lowest BCUT2D eigenvalue weighted by Crippen LogP contribution is -2.26. The van der Waals surface area contributed by atoms with Gasteiger partial charge in [-0.2, -0.15) is 0 Å². The minimum absolute atomic E-state index is 0.106. The van der Waals surface area contributed by atoms with E-state index in [0.717, 1.165) is 30.7 Å². The largest absolute Gasteiger partial charge is 0.356 e. The van der Waals surface area contributed by atoms with Crippen molar-refractivity contribution < 1.29 is 4.79 Å². The van der Waals surface area contributed by atoms with Crippen LogP contribution in [0.2, 0.25) is 0 Å². The first-order valence-electron chi connectivity index (χ1n) is 10.5. The fourth-order valence-electron chi connectivity index (χ4n) is 3.57. The average molecular weight is 378 g/mol. The standard InChI is InChI=1S/C24H31N3O/c1-2-3-4-10-19-27-22-14-9-8-13-21(22)26-23(27)17-18-25-24(28)16-15-20-11-6-5-7-12-20/h5-9,11-14H,2-4,10,15-19H2,1H3,(H,25,28). The van der Waals surface area contributed by atoms with Crippen LogP contribution in [-0.4, -0.2) is 22.0 Å². The van der Waals surface area contributed by atoms with Crippen molar-refractivity contribution in [3.63, 3.8) is 0 Å². The van der Waals surface area contributed by atoms with E-state index < -0.39 is 0 Å². The Morgan fingerprint density at radius 2 is 1.75 bits per heavy atom. The number of hydrogen-bond donors (Lipinski definition) is 1. The Balaban J connectivity index is 1.53. The second-order valence-corrected chi connectivity index (χ2v) is 7.31. The molecule has 0 unspecified atom stereocenters. The van der Waals surface area contributed by atoms with Crippen molar-refractivity contribution in [1.29, 1.82) is 0 Å². The quantitative estimate of drug-likeness (QED) is 0.483. The number of nitrogens with zero attached hydrogens (tertiary/aromatic N) is 2. The zero-order valence-electron chi connectivity index (χ0n) is 16.9. The molecule has 0 aliphatic rings. The Bertz CT molecular complexity index is 870. The van der Waals surface area contributed by atoms with Gasteiger partial charge in [-0.3, -0.25) is 4.79 Å². The summed E-state index contributed by atoms with van der Waals surface area (Å²) in [5.74, 6) is 1.18. The summed E-state index contributed by atoms with van der Waals surface area (Å²) in [4.78, 5) is 17.0. The topological polar surface area (TPSA) is 46.9 Å². The Kier molecular flexibility index (Phi) is 7.65. The first-order chi connectivity index (χ1) is 13.8. The van der Waals surface area contributed by atoms with Crippen molar-refractivity contribution in [2.75, 3.05) is 6.54 Å². The second kappa shape index (κ2) is 10.6. The van der Waals surface area contributed by atoms with Gasteiger partial charge in [-0.25, -0.2) is 4.98 Å². The number of benzene rings is 2. The van der Waals surface area contributed by atoms with Gasteiger partial charge in [0.05, 0.1) is 11.0 Å². The molecule has 0 saturated carbocycles. The molecule has 148 valence electrons. The van der Waals surface area contributed by atoms with Gasteiger partial charge in [0.2, 0.25) is 5.91 Å². The predicted molar refractivity (Wildman–Crippen MR) is 115 cm³/mol. The van der Waals surface area contributed by atoms with Gasteiger partial charge in [-0.1, -0.05) is 68.7 Å². The molecule has 0 fully saturated rings. The number of aryl methyl sites for hydroxylation is 2. The molecule has 0 aliphatic carbocycles. The number of rotatable bonds is 11. The van der Waals surface area contributed by atoms with E-state index in [2.05, 4.69) is 47.1 Å². The van der Waals surface area contributed by atoms with E-state index in [0.29, 0.717) is 13.0 Å². The number of nitrogens with one attached hydrogen (secondary N) is 1. The normalized spacial score (nSPS) is 11.0. The highest BCUT2D eigenvalue weighted by atomic mass is 16.1. The lowest BCUT2D eigenvalue weighted by molar-refractivity contribution is -0.121. The van der Waals surface area contributed by atoms with Gasteiger partial charge in [-0.15, -0.1) is 0 Å². The minimum Gasteiger partial charge on any atom is -0.356 e. The van der Waals surface area contributed by atoms with Crippen LogP contribution in [-0.2, 0) is 24.2 Å². The number of amides is 1. The molecule has 28 heavy (non-hydrogen) atoms. The van der Waals surface area contributed by atoms with Gasteiger partial charge in [0.15, 0.2) is 0 Å². The Morgan fingerprint density at radius 3 is 2.57 bits per heavy atom. The number of fused-ring (bicyclic) bond motifs is 1. The monoisotopic (exact) mass is 377 g/mol. The third kappa shape index (κ3) is 5.69. The first kappa shape index (κ1) is 20.1. The van der Waals surface area contributed by atoms with Crippen molar-refractivity contribution in [3.8, 4) is 0 Å². The zero-order valence-corrected chi connectivity index (χ0v) is 16.9. The highest BCUT2D eigenvalue weighted by molar-refractivity contribution is 5.77. The van der Waals surface area contributed by atoms with Crippen molar-refractivity contribution in [2.45, 2.75) is 58.4 Å². The summed E-state index contributed by atoms with van der Waals surface area (Å²) in [7, 11) is 0. The van der Waals surface area contributed by atoms with E-state index >= 15 is 0 Å². The van der Waals surface area contributed by atoms with Crippen LogP contribution < -0.4 is 5.32 Å². The number of carbonyl (C=O) groups excluding carboxylic acids is 1. The molecule has 0 saturated heterocycles. The molecule has 3 aromatic rings. The lowest BCUT2D eigenvalue weighted by atomic mass is 10.1. The van der Waals surface area contributed by atoms with Crippen LogP contribution in [0.15, 0.2) is 54.6 Å². The van der Waals surface area contributed by atoms with Crippen LogP contribution in [0, 0.1) is 0 Å². The molecule has 0 bridgehead atoms. The van der Waals surface area contributed by atoms with Crippen molar-refractivity contribution in [2.24, 2.45) is 0 Å². The van der Waals surface area contributed by atoms with Crippen molar-refractivity contribution >= 4 is 16.9 Å². The maximum absolute atomic E-state index is 12.2. The maximum Gasteiger partial charge on any atom is 0.220 e.